The van der Waals surface area contributed by atoms with Gasteiger partial charge in [0, 0.05) is 69.9 Å². The number of nitrogens with zero attached hydrogens (tertiary/aromatic N) is 5. The molecule has 64 heavy (non-hydrogen) atoms. The van der Waals surface area contributed by atoms with Crippen molar-refractivity contribution < 1.29 is 43.0 Å². The normalized spacial score (nSPS) is 21.3. The summed E-state index contributed by atoms with van der Waals surface area (Å²) in [5.74, 6) is -0.114. The maximum atomic E-state index is 13.8. The fourth-order valence-corrected chi connectivity index (χ4v) is 10.8. The van der Waals surface area contributed by atoms with Gasteiger partial charge in [0.1, 0.15) is 23.3 Å². The predicted molar refractivity (Wildman–Crippen MR) is 232 cm³/mol. The number of piperidine rings is 3. The van der Waals surface area contributed by atoms with Gasteiger partial charge in [-0.1, -0.05) is 0 Å². The van der Waals surface area contributed by atoms with Gasteiger partial charge in [-0.15, -0.1) is 0 Å². The largest absolute Gasteiger partial charge is 0.496 e. The number of likely N-dealkylation sites (tertiary alicyclic amines) is 2. The molecular weight excluding hydrogens is 823 g/mol. The number of imide groups is 2. The predicted octanol–water partition coefficient (Wildman–Crippen LogP) is 3.23. The van der Waals surface area contributed by atoms with Crippen LogP contribution in [0.5, 0.6) is 17.2 Å². The Hall–Kier alpha value is -6.23. The van der Waals surface area contributed by atoms with Crippen molar-refractivity contribution in [1.29, 1.82) is 0 Å². The van der Waals surface area contributed by atoms with Gasteiger partial charge in [0.05, 0.1) is 43.6 Å². The van der Waals surface area contributed by atoms with E-state index in [2.05, 4.69) is 15.5 Å². The number of hydrogen-bond acceptors (Lipinski definition) is 11. The average Bonchev–Trinajstić information content (AvgIpc) is 3.54. The number of hydrogen-bond donors (Lipinski definition) is 2. The van der Waals surface area contributed by atoms with Crippen molar-refractivity contribution in [2.24, 2.45) is 18.4 Å². The number of carbonyl (C=O) groups excluding carboxylic acids is 6. The number of pyridine rings is 1. The maximum Gasteiger partial charge on any atom is 0.317 e. The summed E-state index contributed by atoms with van der Waals surface area (Å²) in [7, 11) is 6.60. The molecule has 1 aromatic heterocycles. The van der Waals surface area contributed by atoms with E-state index in [1.54, 1.807) is 56.0 Å². The van der Waals surface area contributed by atoms with Crippen molar-refractivity contribution in [3.05, 3.63) is 74.7 Å². The van der Waals surface area contributed by atoms with E-state index in [9.17, 15) is 33.6 Å². The Morgan fingerprint density at radius 1 is 0.812 bits per heavy atom. The van der Waals surface area contributed by atoms with Gasteiger partial charge in [0.25, 0.3) is 17.4 Å². The average molecular weight is 878 g/mol. The van der Waals surface area contributed by atoms with Gasteiger partial charge in [-0.3, -0.25) is 43.9 Å². The summed E-state index contributed by atoms with van der Waals surface area (Å²) < 4.78 is 19.8. The monoisotopic (exact) mass is 877 g/mol. The van der Waals surface area contributed by atoms with Crippen LogP contribution in [-0.4, -0.2) is 126 Å². The highest BCUT2D eigenvalue weighted by atomic mass is 16.5. The molecule has 6 heterocycles. The molecule has 1 spiro atoms. The fraction of sp³-hybridized carbons (Fsp3) is 0.511. The molecule has 2 aromatic carbocycles. The third-order valence-electron chi connectivity index (χ3n) is 14.5. The van der Waals surface area contributed by atoms with Crippen LogP contribution in [0.25, 0.3) is 11.1 Å². The first-order valence-electron chi connectivity index (χ1n) is 22.3. The molecule has 3 aromatic rings. The molecule has 5 aliphatic heterocycles. The van der Waals surface area contributed by atoms with E-state index < -0.39 is 29.7 Å². The Morgan fingerprint density at radius 2 is 1.50 bits per heavy atom. The van der Waals surface area contributed by atoms with Crippen molar-refractivity contribution in [2.75, 3.05) is 54.0 Å². The van der Waals surface area contributed by atoms with Crippen LogP contribution in [0.3, 0.4) is 0 Å². The summed E-state index contributed by atoms with van der Waals surface area (Å²) in [5, 5.41) is 4.88. The summed E-state index contributed by atoms with van der Waals surface area (Å²) in [6.07, 6.45) is 7.54. The summed E-state index contributed by atoms with van der Waals surface area (Å²) in [5.41, 5.74) is 4.63. The number of fused-ring (bicyclic) bond motifs is 2. The van der Waals surface area contributed by atoms with Crippen LogP contribution in [0, 0.1) is 11.3 Å². The molecule has 338 valence electrons. The molecule has 17 heteroatoms. The zero-order valence-electron chi connectivity index (χ0n) is 36.8. The first-order chi connectivity index (χ1) is 30.8. The van der Waals surface area contributed by atoms with Crippen molar-refractivity contribution >= 4 is 35.6 Å². The van der Waals surface area contributed by atoms with E-state index in [1.807, 2.05) is 23.2 Å². The summed E-state index contributed by atoms with van der Waals surface area (Å²) in [6.45, 7) is 4.27. The van der Waals surface area contributed by atoms with Crippen LogP contribution < -0.4 is 30.4 Å². The Balaban J connectivity index is 0.769. The number of urea groups is 1. The number of carbonyl (C=O) groups is 6. The second-order valence-electron chi connectivity index (χ2n) is 18.2. The number of aryl methyl sites for hydroxylation is 1. The third-order valence-corrected chi connectivity index (χ3v) is 14.5. The number of methoxy groups -OCH3 is 2. The highest BCUT2D eigenvalue weighted by molar-refractivity contribution is 6.23. The topological polar surface area (TPSA) is 189 Å². The second kappa shape index (κ2) is 17.0. The summed E-state index contributed by atoms with van der Waals surface area (Å²) in [4.78, 5) is 96.9. The van der Waals surface area contributed by atoms with E-state index in [1.165, 1.54) is 0 Å². The number of benzene rings is 2. The van der Waals surface area contributed by atoms with Gasteiger partial charge in [0.2, 0.25) is 17.7 Å². The molecule has 1 atom stereocenters. The van der Waals surface area contributed by atoms with Crippen molar-refractivity contribution in [3.8, 4) is 28.4 Å². The molecule has 9 rings (SSSR count). The number of amides is 7. The third kappa shape index (κ3) is 7.77. The zero-order chi connectivity index (χ0) is 45.0. The van der Waals surface area contributed by atoms with Crippen molar-refractivity contribution in [3.63, 3.8) is 0 Å². The Bertz CT molecular complexity index is 2470. The van der Waals surface area contributed by atoms with Gasteiger partial charge >= 0.3 is 6.03 Å². The van der Waals surface area contributed by atoms with Crippen molar-refractivity contribution in [2.45, 2.75) is 83.0 Å². The van der Waals surface area contributed by atoms with E-state index in [0.29, 0.717) is 55.4 Å². The molecule has 0 radical (unpaired) electrons. The fourth-order valence-electron chi connectivity index (χ4n) is 10.8. The molecule has 7 amide bonds. The molecule has 1 aliphatic carbocycles. The van der Waals surface area contributed by atoms with Gasteiger partial charge in [-0.05, 0) is 111 Å². The quantitative estimate of drug-likeness (QED) is 0.301. The van der Waals surface area contributed by atoms with Gasteiger partial charge in [-0.2, -0.15) is 0 Å². The van der Waals surface area contributed by atoms with Crippen LogP contribution in [0.1, 0.15) is 88.8 Å². The van der Waals surface area contributed by atoms with Gasteiger partial charge < -0.3 is 33.9 Å². The van der Waals surface area contributed by atoms with Crippen molar-refractivity contribution in [1.82, 2.24) is 34.8 Å². The van der Waals surface area contributed by atoms with Crippen LogP contribution in [0.4, 0.5) is 4.79 Å². The maximum absolute atomic E-state index is 13.8. The molecule has 17 nitrogen and oxygen atoms in total. The van der Waals surface area contributed by atoms with E-state index >= 15 is 0 Å². The van der Waals surface area contributed by atoms with E-state index in [4.69, 9.17) is 14.2 Å². The van der Waals surface area contributed by atoms with Gasteiger partial charge in [-0.25, -0.2) is 4.79 Å². The molecule has 6 aliphatic rings. The molecule has 1 unspecified atom stereocenters. The Labute approximate surface area is 370 Å². The first-order valence-corrected chi connectivity index (χ1v) is 22.3. The second-order valence-corrected chi connectivity index (χ2v) is 18.2. The van der Waals surface area contributed by atoms with Crippen LogP contribution >= 0.6 is 0 Å². The molecular formula is C47H55N7O10. The molecule has 4 fully saturated rings. The lowest BCUT2D eigenvalue weighted by Crippen LogP contribution is -2.54. The molecule has 2 N–H and O–H groups in total. The molecule has 0 bridgehead atoms. The number of ether oxygens (including phenoxy) is 3. The van der Waals surface area contributed by atoms with E-state index in [-0.39, 0.29) is 65.4 Å². The SMILES string of the molecule is CNC(=O)N1CCc2c(-c3cc(OC)c(CN4CCC(C(=O)N5CCC6(CC5)CC(Oc5ccc7c(c5)C(=O)N(C5CCC(=O)NC5=O)C7=O)C6)CC4)c(OC)c3)cn(C)c(=O)c2C1. The standard InChI is InChI=1S/C47H55N7O10/c1-48-46(61)53-16-11-31-34(24-50(2)43(58)35(31)26-53)28-19-38(62-3)36(39(20-28)63-4)25-51-14-9-27(10-15-51)42(57)52-17-12-47(13-18-52)22-30(23-47)64-29-5-6-32-33(21-29)45(60)54(44(32)59)37-7-8-40(55)49-41(37)56/h5-6,19-21,24,27,30,37H,7-18,22-23,25-26H2,1-4H3,(H,48,61)(H,49,55,56). The first kappa shape index (κ1) is 43.0. The smallest absolute Gasteiger partial charge is 0.317 e. The Kier molecular flexibility index (Phi) is 11.5. The lowest BCUT2D eigenvalue weighted by Gasteiger charge is -2.52. The highest BCUT2D eigenvalue weighted by Crippen LogP contribution is 2.51. The van der Waals surface area contributed by atoms with Crippen LogP contribution in [-0.2, 0) is 40.9 Å². The van der Waals surface area contributed by atoms with Gasteiger partial charge in [0.15, 0.2) is 0 Å². The Morgan fingerprint density at radius 3 is 2.16 bits per heavy atom. The number of nitrogens with one attached hydrogen (secondary N) is 2. The lowest BCUT2D eigenvalue weighted by atomic mass is 9.61. The van der Waals surface area contributed by atoms with Crippen LogP contribution in [0.2, 0.25) is 0 Å². The minimum Gasteiger partial charge on any atom is -0.496 e. The van der Waals surface area contributed by atoms with E-state index in [0.717, 1.165) is 78.8 Å². The highest BCUT2D eigenvalue weighted by Gasteiger charge is 2.49. The minimum absolute atomic E-state index is 0.0375. The number of aromatic nitrogens is 1. The number of rotatable bonds is 9. The molecule has 1 saturated carbocycles. The van der Waals surface area contributed by atoms with Crippen LogP contribution in [0.15, 0.2) is 41.3 Å². The molecule has 3 saturated heterocycles. The zero-order valence-corrected chi connectivity index (χ0v) is 36.8. The minimum atomic E-state index is -1.02. The summed E-state index contributed by atoms with van der Waals surface area (Å²) >= 11 is 0. The lowest BCUT2D eigenvalue weighted by molar-refractivity contribution is -0.142. The summed E-state index contributed by atoms with van der Waals surface area (Å²) in [6, 6.07) is 7.60.